The zero-order valence-corrected chi connectivity index (χ0v) is 15.1. The summed E-state index contributed by atoms with van der Waals surface area (Å²) in [6.45, 7) is 4.59. The fraction of sp³-hybridized carbons (Fsp3) is 0.333. The summed E-state index contributed by atoms with van der Waals surface area (Å²) in [7, 11) is 2.05. The van der Waals surface area contributed by atoms with Crippen LogP contribution in [0, 0.1) is 5.92 Å². The zero-order valence-electron chi connectivity index (χ0n) is 12.7. The molecule has 3 heteroatoms. The Hall–Kier alpha value is -0.770. The topological polar surface area (TPSA) is 12.0 Å². The standard InChI is InChI=1S/C18H22BrNS/c1-13(2)18(21-16-11-7-10-15(19)12-16)17(20-3)14-8-5-4-6-9-14/h4-13,17-18,20H,1-3H3. The molecular formula is C18H22BrNS. The van der Waals surface area contributed by atoms with Gasteiger partial charge in [0.05, 0.1) is 0 Å². The zero-order chi connectivity index (χ0) is 15.2. The second kappa shape index (κ2) is 8.02. The van der Waals surface area contributed by atoms with Crippen LogP contribution in [0.15, 0.2) is 64.0 Å². The number of hydrogen-bond acceptors (Lipinski definition) is 2. The Morgan fingerprint density at radius 3 is 2.29 bits per heavy atom. The first-order valence-corrected chi connectivity index (χ1v) is 8.93. The van der Waals surface area contributed by atoms with Crippen molar-refractivity contribution in [2.24, 2.45) is 5.92 Å². The summed E-state index contributed by atoms with van der Waals surface area (Å²) in [5.74, 6) is 0.576. The fourth-order valence-corrected chi connectivity index (χ4v) is 4.39. The van der Waals surface area contributed by atoms with E-state index in [4.69, 9.17) is 0 Å². The van der Waals surface area contributed by atoms with Crippen molar-refractivity contribution < 1.29 is 0 Å². The van der Waals surface area contributed by atoms with Gasteiger partial charge in [0.1, 0.15) is 0 Å². The number of halogens is 1. The minimum Gasteiger partial charge on any atom is -0.312 e. The molecule has 0 radical (unpaired) electrons. The molecule has 0 saturated carbocycles. The second-order valence-corrected chi connectivity index (χ2v) is 7.63. The minimum absolute atomic E-state index is 0.343. The van der Waals surface area contributed by atoms with Crippen molar-refractivity contribution in [1.29, 1.82) is 0 Å². The first kappa shape index (κ1) is 16.6. The molecule has 0 aromatic heterocycles. The van der Waals surface area contributed by atoms with E-state index in [0.717, 1.165) is 4.47 Å². The fourth-order valence-electron chi connectivity index (χ4n) is 2.47. The summed E-state index contributed by atoms with van der Waals surface area (Å²) in [5.41, 5.74) is 1.35. The molecule has 0 aliphatic rings. The van der Waals surface area contributed by atoms with Crippen molar-refractivity contribution in [2.45, 2.75) is 30.0 Å². The van der Waals surface area contributed by atoms with Crippen LogP contribution in [-0.4, -0.2) is 12.3 Å². The van der Waals surface area contributed by atoms with Gasteiger partial charge in [0.2, 0.25) is 0 Å². The van der Waals surface area contributed by atoms with E-state index in [1.54, 1.807) is 0 Å². The van der Waals surface area contributed by atoms with Crippen LogP contribution >= 0.6 is 27.7 Å². The molecule has 0 saturated heterocycles. The highest BCUT2D eigenvalue weighted by Gasteiger charge is 2.25. The molecule has 2 atom stereocenters. The van der Waals surface area contributed by atoms with Crippen LogP contribution in [-0.2, 0) is 0 Å². The number of nitrogens with one attached hydrogen (secondary N) is 1. The lowest BCUT2D eigenvalue weighted by Crippen LogP contribution is -2.31. The van der Waals surface area contributed by atoms with Crippen molar-refractivity contribution in [3.63, 3.8) is 0 Å². The first-order valence-electron chi connectivity index (χ1n) is 7.26. The molecule has 0 bridgehead atoms. The minimum atomic E-state index is 0.343. The SMILES string of the molecule is CNC(c1ccccc1)C(Sc1cccc(Br)c1)C(C)C. The highest BCUT2D eigenvalue weighted by atomic mass is 79.9. The molecule has 0 aliphatic carbocycles. The van der Waals surface area contributed by atoms with Gasteiger partial charge in [0, 0.05) is 20.7 Å². The van der Waals surface area contributed by atoms with E-state index in [-0.39, 0.29) is 0 Å². The van der Waals surface area contributed by atoms with E-state index in [0.29, 0.717) is 17.2 Å². The molecule has 112 valence electrons. The van der Waals surface area contributed by atoms with Crippen LogP contribution in [0.2, 0.25) is 0 Å². The predicted octanol–water partition coefficient (Wildman–Crippen LogP) is 5.53. The van der Waals surface area contributed by atoms with Gasteiger partial charge in [-0.1, -0.05) is 66.2 Å². The summed E-state index contributed by atoms with van der Waals surface area (Å²) in [5, 5.41) is 3.98. The Kier molecular flexibility index (Phi) is 6.34. The van der Waals surface area contributed by atoms with E-state index in [1.165, 1.54) is 10.5 Å². The Bertz CT molecular complexity index is 556. The molecule has 0 amide bonds. The number of rotatable bonds is 6. The van der Waals surface area contributed by atoms with Gasteiger partial charge < -0.3 is 5.32 Å². The molecule has 0 fully saturated rings. The van der Waals surface area contributed by atoms with E-state index >= 15 is 0 Å². The summed E-state index contributed by atoms with van der Waals surface area (Å²) in [4.78, 5) is 1.30. The van der Waals surface area contributed by atoms with Crippen LogP contribution in [0.5, 0.6) is 0 Å². The van der Waals surface area contributed by atoms with E-state index in [1.807, 2.05) is 11.8 Å². The monoisotopic (exact) mass is 363 g/mol. The van der Waals surface area contributed by atoms with Gasteiger partial charge >= 0.3 is 0 Å². The Balaban J connectivity index is 2.25. The van der Waals surface area contributed by atoms with Gasteiger partial charge in [-0.05, 0) is 36.7 Å². The molecule has 0 heterocycles. The molecule has 2 aromatic rings. The van der Waals surface area contributed by atoms with Gasteiger partial charge in [-0.3, -0.25) is 0 Å². The van der Waals surface area contributed by atoms with Crippen LogP contribution in [0.3, 0.4) is 0 Å². The maximum Gasteiger partial charge on any atom is 0.0444 e. The second-order valence-electron chi connectivity index (χ2n) is 5.46. The molecular weight excluding hydrogens is 342 g/mol. The molecule has 1 N–H and O–H groups in total. The lowest BCUT2D eigenvalue weighted by atomic mass is 9.96. The van der Waals surface area contributed by atoms with E-state index in [9.17, 15) is 0 Å². The van der Waals surface area contributed by atoms with Gasteiger partial charge in [-0.15, -0.1) is 11.8 Å². The van der Waals surface area contributed by atoms with Gasteiger partial charge in [0.15, 0.2) is 0 Å². The highest BCUT2D eigenvalue weighted by Crippen LogP contribution is 2.37. The van der Waals surface area contributed by atoms with Gasteiger partial charge in [0.25, 0.3) is 0 Å². The number of benzene rings is 2. The normalized spacial score (nSPS) is 14.1. The average Bonchev–Trinajstić information content (AvgIpc) is 2.48. The smallest absolute Gasteiger partial charge is 0.0444 e. The third kappa shape index (κ3) is 4.60. The molecule has 2 rings (SSSR count). The summed E-state index contributed by atoms with van der Waals surface area (Å²) in [6.07, 6.45) is 0. The maximum atomic E-state index is 3.56. The molecule has 0 spiro atoms. The summed E-state index contributed by atoms with van der Waals surface area (Å²) in [6, 6.07) is 19.6. The molecule has 21 heavy (non-hydrogen) atoms. The van der Waals surface area contributed by atoms with Gasteiger partial charge in [-0.2, -0.15) is 0 Å². The first-order chi connectivity index (χ1) is 10.1. The van der Waals surface area contributed by atoms with Crippen LogP contribution in [0.25, 0.3) is 0 Å². The summed E-state index contributed by atoms with van der Waals surface area (Å²) < 4.78 is 1.13. The van der Waals surface area contributed by atoms with Crippen LogP contribution in [0.1, 0.15) is 25.5 Å². The van der Waals surface area contributed by atoms with Crippen LogP contribution in [0.4, 0.5) is 0 Å². The van der Waals surface area contributed by atoms with Crippen molar-refractivity contribution in [1.82, 2.24) is 5.32 Å². The molecule has 2 unspecified atom stereocenters. The predicted molar refractivity (Wildman–Crippen MR) is 96.9 cm³/mol. The third-order valence-electron chi connectivity index (χ3n) is 3.52. The van der Waals surface area contributed by atoms with E-state index < -0.39 is 0 Å². The Morgan fingerprint density at radius 2 is 1.71 bits per heavy atom. The van der Waals surface area contributed by atoms with Gasteiger partial charge in [-0.25, -0.2) is 0 Å². The maximum absolute atomic E-state index is 3.56. The van der Waals surface area contributed by atoms with E-state index in [2.05, 4.69) is 96.7 Å². The Labute approximate surface area is 140 Å². The molecule has 2 aromatic carbocycles. The highest BCUT2D eigenvalue weighted by molar-refractivity contribution is 9.10. The molecule has 1 nitrogen and oxygen atoms in total. The molecule has 0 aliphatic heterocycles. The van der Waals surface area contributed by atoms with Crippen molar-refractivity contribution in [3.8, 4) is 0 Å². The van der Waals surface area contributed by atoms with Crippen molar-refractivity contribution in [3.05, 3.63) is 64.6 Å². The third-order valence-corrected chi connectivity index (χ3v) is 5.63. The van der Waals surface area contributed by atoms with Crippen LogP contribution < -0.4 is 5.32 Å². The lowest BCUT2D eigenvalue weighted by molar-refractivity contribution is 0.472. The summed E-state index contributed by atoms with van der Waals surface area (Å²) >= 11 is 5.51. The quantitative estimate of drug-likeness (QED) is 0.677. The Morgan fingerprint density at radius 1 is 1.00 bits per heavy atom. The van der Waals surface area contributed by atoms with Crippen molar-refractivity contribution >= 4 is 27.7 Å². The largest absolute Gasteiger partial charge is 0.312 e. The number of thioether (sulfide) groups is 1. The average molecular weight is 364 g/mol. The lowest BCUT2D eigenvalue weighted by Gasteiger charge is -2.30. The van der Waals surface area contributed by atoms with Crippen molar-refractivity contribution in [2.75, 3.05) is 7.05 Å². The number of hydrogen-bond donors (Lipinski definition) is 1.